The second-order valence-corrected chi connectivity index (χ2v) is 11.5. The summed E-state index contributed by atoms with van der Waals surface area (Å²) in [5.74, 6) is 0.802. The molecule has 0 amide bonds. The van der Waals surface area contributed by atoms with Crippen LogP contribution in [0.1, 0.15) is 55.7 Å². The first-order valence-electron chi connectivity index (χ1n) is 10.4. The van der Waals surface area contributed by atoms with Crippen molar-refractivity contribution in [3.8, 4) is 10.7 Å². The Morgan fingerprint density at radius 3 is 2.53 bits per heavy atom. The molecule has 1 N–H and O–H groups in total. The number of aromatic nitrogens is 2. The number of H-pyrrole nitrogens is 1. The highest BCUT2D eigenvalue weighted by atomic mass is 32.2. The molecule has 3 aromatic rings. The smallest absolute Gasteiger partial charge is 0.181 e. The lowest BCUT2D eigenvalue weighted by molar-refractivity contribution is -0.117. The van der Waals surface area contributed by atoms with Gasteiger partial charge < -0.3 is 4.98 Å². The van der Waals surface area contributed by atoms with Gasteiger partial charge in [-0.15, -0.1) is 11.3 Å². The van der Waals surface area contributed by atoms with E-state index in [2.05, 4.69) is 16.0 Å². The van der Waals surface area contributed by atoms with E-state index in [0.29, 0.717) is 29.4 Å². The van der Waals surface area contributed by atoms with Crippen molar-refractivity contribution in [3.05, 3.63) is 59.2 Å². The summed E-state index contributed by atoms with van der Waals surface area (Å²) in [7, 11) is -3.19. The predicted molar refractivity (Wildman–Crippen MR) is 117 cm³/mol. The van der Waals surface area contributed by atoms with Crippen molar-refractivity contribution in [3.63, 3.8) is 0 Å². The summed E-state index contributed by atoms with van der Waals surface area (Å²) in [5, 5.41) is 2.70. The first-order chi connectivity index (χ1) is 14.5. The number of benzene rings is 1. The minimum absolute atomic E-state index is 0.0901. The summed E-state index contributed by atoms with van der Waals surface area (Å²) >= 11 is 1.59. The van der Waals surface area contributed by atoms with Gasteiger partial charge in [-0.25, -0.2) is 13.4 Å². The van der Waals surface area contributed by atoms with Crippen molar-refractivity contribution in [1.82, 2.24) is 9.97 Å². The highest BCUT2D eigenvalue weighted by molar-refractivity contribution is 7.92. The third-order valence-electron chi connectivity index (χ3n) is 6.24. The number of rotatable bonds is 7. The largest absolute Gasteiger partial charge is 0.356 e. The molecule has 5 nitrogen and oxygen atoms in total. The molecule has 1 unspecified atom stereocenters. The molecule has 0 radical (unpaired) electrons. The molecule has 0 bridgehead atoms. The fourth-order valence-corrected chi connectivity index (χ4v) is 6.70. The van der Waals surface area contributed by atoms with Gasteiger partial charge in [0.15, 0.2) is 9.84 Å². The number of Topliss-reactive ketones (excluding diaryl/α,β-unsaturated/α-hetero) is 1. The Morgan fingerprint density at radius 2 is 1.90 bits per heavy atom. The zero-order valence-electron chi connectivity index (χ0n) is 16.6. The van der Waals surface area contributed by atoms with Crippen LogP contribution in [0.2, 0.25) is 0 Å². The highest BCUT2D eigenvalue weighted by Gasteiger charge is 2.37. The van der Waals surface area contributed by atoms with Crippen molar-refractivity contribution in [2.24, 2.45) is 5.92 Å². The lowest BCUT2D eigenvalue weighted by Gasteiger charge is -2.20. The molecule has 2 aliphatic rings. The number of aromatic amines is 1. The molecule has 30 heavy (non-hydrogen) atoms. The summed E-state index contributed by atoms with van der Waals surface area (Å²) in [4.78, 5) is 20.1. The van der Waals surface area contributed by atoms with Gasteiger partial charge in [0.1, 0.15) is 10.8 Å². The van der Waals surface area contributed by atoms with Gasteiger partial charge in [0.05, 0.1) is 15.8 Å². The van der Waals surface area contributed by atoms with Gasteiger partial charge in [-0.2, -0.15) is 0 Å². The van der Waals surface area contributed by atoms with Crippen LogP contribution in [-0.4, -0.2) is 29.4 Å². The molecule has 2 fully saturated rings. The average Bonchev–Trinajstić information content (AvgIpc) is 3.12. The van der Waals surface area contributed by atoms with Crippen LogP contribution in [0.25, 0.3) is 10.7 Å². The summed E-state index contributed by atoms with van der Waals surface area (Å²) in [6.07, 6.45) is 6.45. The van der Waals surface area contributed by atoms with E-state index in [-0.39, 0.29) is 11.2 Å². The van der Waals surface area contributed by atoms with E-state index in [4.69, 9.17) is 0 Å². The molecule has 2 aliphatic carbocycles. The Bertz CT molecular complexity index is 1140. The predicted octanol–water partition coefficient (Wildman–Crippen LogP) is 4.97. The van der Waals surface area contributed by atoms with Crippen molar-refractivity contribution in [2.75, 3.05) is 0 Å². The molecule has 1 aromatic carbocycles. The Labute approximate surface area is 180 Å². The van der Waals surface area contributed by atoms with E-state index in [0.717, 1.165) is 47.6 Å². The second kappa shape index (κ2) is 7.78. The van der Waals surface area contributed by atoms with Crippen LogP contribution in [0, 0.1) is 5.92 Å². The zero-order valence-corrected chi connectivity index (χ0v) is 18.2. The van der Waals surface area contributed by atoms with Crippen LogP contribution in [0.3, 0.4) is 0 Å². The number of hydrogen-bond donors (Lipinski definition) is 1. The fourth-order valence-electron chi connectivity index (χ4n) is 4.43. The first kappa shape index (κ1) is 19.7. The third kappa shape index (κ3) is 3.88. The highest BCUT2D eigenvalue weighted by Crippen LogP contribution is 2.39. The molecular weight excluding hydrogens is 416 g/mol. The maximum atomic E-state index is 12.5. The van der Waals surface area contributed by atoms with E-state index in [1.165, 1.54) is 0 Å². The average molecular weight is 441 g/mol. The van der Waals surface area contributed by atoms with Crippen LogP contribution in [0.5, 0.6) is 0 Å². The molecule has 5 rings (SSSR count). The fraction of sp³-hybridized carbons (Fsp3) is 0.391. The van der Waals surface area contributed by atoms with Crippen LogP contribution >= 0.6 is 11.3 Å². The van der Waals surface area contributed by atoms with Crippen molar-refractivity contribution in [2.45, 2.75) is 54.6 Å². The Morgan fingerprint density at radius 1 is 1.10 bits per heavy atom. The summed E-state index contributed by atoms with van der Waals surface area (Å²) in [5.41, 5.74) is 3.15. The van der Waals surface area contributed by atoms with E-state index >= 15 is 0 Å². The zero-order chi connectivity index (χ0) is 20.7. The summed E-state index contributed by atoms with van der Waals surface area (Å²) in [6, 6.07) is 11.5. The first-order valence-corrected chi connectivity index (χ1v) is 12.9. The number of thiazole rings is 1. The summed E-state index contributed by atoms with van der Waals surface area (Å²) < 4.78 is 25.1. The quantitative estimate of drug-likeness (QED) is 0.563. The molecule has 0 saturated heterocycles. The molecule has 7 heteroatoms. The number of hydrogen-bond acceptors (Lipinski definition) is 5. The number of nitrogens with one attached hydrogen (secondary N) is 1. The topological polar surface area (TPSA) is 79.9 Å². The molecule has 156 valence electrons. The number of sulfone groups is 1. The number of ketones is 1. The van der Waals surface area contributed by atoms with Gasteiger partial charge in [0, 0.05) is 36.0 Å². The minimum Gasteiger partial charge on any atom is -0.356 e. The van der Waals surface area contributed by atoms with Gasteiger partial charge in [0.25, 0.3) is 0 Å². The maximum absolute atomic E-state index is 12.5. The molecule has 2 heterocycles. The third-order valence-corrected chi connectivity index (χ3v) is 9.32. The SMILES string of the molecule is O=C1CC[C@H](CC(c2ccc(S(=O)(=O)C3CC3)cc2)c2ccc(-c3nccs3)[nH]2)C1. The Balaban J connectivity index is 1.46. The maximum Gasteiger partial charge on any atom is 0.181 e. The molecule has 2 saturated carbocycles. The monoisotopic (exact) mass is 440 g/mol. The van der Waals surface area contributed by atoms with Crippen molar-refractivity contribution >= 4 is 27.0 Å². The van der Waals surface area contributed by atoms with Crippen LogP contribution < -0.4 is 0 Å². The molecular formula is C23H24N2O3S2. The van der Waals surface area contributed by atoms with Gasteiger partial charge in [-0.3, -0.25) is 4.79 Å². The number of nitrogens with zero attached hydrogens (tertiary/aromatic N) is 1. The summed E-state index contributed by atoms with van der Waals surface area (Å²) in [6.45, 7) is 0. The molecule has 0 aliphatic heterocycles. The lowest BCUT2D eigenvalue weighted by Crippen LogP contribution is -2.10. The van der Waals surface area contributed by atoms with Crippen LogP contribution in [0.4, 0.5) is 0 Å². The molecule has 0 spiro atoms. The lowest BCUT2D eigenvalue weighted by atomic mass is 9.86. The normalized spacial score (nSPS) is 20.5. The molecule has 2 atom stereocenters. The van der Waals surface area contributed by atoms with Gasteiger partial charge in [-0.1, -0.05) is 12.1 Å². The van der Waals surface area contributed by atoms with Crippen molar-refractivity contribution in [1.29, 1.82) is 0 Å². The van der Waals surface area contributed by atoms with E-state index in [1.807, 2.05) is 23.6 Å². The Kier molecular flexibility index (Phi) is 5.11. The second-order valence-electron chi connectivity index (χ2n) is 8.41. The standard InChI is InChI=1S/C23H24N2O3S2/c26-17-4-1-15(13-17)14-20(21-9-10-22(25-21)23-24-11-12-29-23)16-2-5-18(6-3-16)30(27,28)19-7-8-19/h2-3,5-6,9-12,15,19-20,25H,1,4,7-8,13-14H2/t15-,20?/m0/s1. The number of carbonyl (C=O) groups is 1. The van der Waals surface area contributed by atoms with E-state index in [1.54, 1.807) is 29.7 Å². The van der Waals surface area contributed by atoms with Gasteiger partial charge in [0.2, 0.25) is 0 Å². The minimum atomic E-state index is -3.19. The van der Waals surface area contributed by atoms with Crippen LogP contribution in [-0.2, 0) is 14.6 Å². The van der Waals surface area contributed by atoms with Crippen molar-refractivity contribution < 1.29 is 13.2 Å². The van der Waals surface area contributed by atoms with E-state index in [9.17, 15) is 13.2 Å². The molecule has 2 aromatic heterocycles. The van der Waals surface area contributed by atoms with Crippen LogP contribution in [0.15, 0.2) is 52.9 Å². The Hall–Kier alpha value is -2.25. The van der Waals surface area contributed by atoms with Gasteiger partial charge in [-0.05, 0) is 61.4 Å². The van der Waals surface area contributed by atoms with Gasteiger partial charge >= 0.3 is 0 Å². The number of carbonyl (C=O) groups excluding carboxylic acids is 1. The van der Waals surface area contributed by atoms with E-state index < -0.39 is 9.84 Å².